The second kappa shape index (κ2) is 16.4. The summed E-state index contributed by atoms with van der Waals surface area (Å²) in [4.78, 5) is 50.3. The number of hydrogen-bond donors (Lipinski definition) is 2. The number of rotatable bonds is 11. The number of pyridine rings is 2. The zero-order valence-electron chi connectivity index (χ0n) is 27.2. The molecule has 0 saturated carbocycles. The fourth-order valence-electron chi connectivity index (χ4n) is 6.01. The van der Waals surface area contributed by atoms with Crippen LogP contribution in [0.1, 0.15) is 32.3 Å². The van der Waals surface area contributed by atoms with E-state index in [1.54, 1.807) is 26.1 Å². The van der Waals surface area contributed by atoms with Crippen LogP contribution < -0.4 is 20.7 Å². The van der Waals surface area contributed by atoms with Crippen LogP contribution in [0.25, 0.3) is 11.3 Å². The molecule has 2 saturated heterocycles. The molecule has 0 bridgehead atoms. The summed E-state index contributed by atoms with van der Waals surface area (Å²) in [6, 6.07) is 13.1. The Bertz CT molecular complexity index is 1570. The Morgan fingerprint density at radius 2 is 1.69 bits per heavy atom. The molecule has 14 heteroatoms. The van der Waals surface area contributed by atoms with Crippen LogP contribution in [0.5, 0.6) is 11.6 Å². The minimum absolute atomic E-state index is 0.00941. The van der Waals surface area contributed by atoms with Crippen molar-refractivity contribution in [3.63, 3.8) is 0 Å². The van der Waals surface area contributed by atoms with Gasteiger partial charge in [0.1, 0.15) is 11.6 Å². The molecule has 2 aromatic heterocycles. The molecule has 2 fully saturated rings. The first kappa shape index (κ1) is 35.3. The van der Waals surface area contributed by atoms with Gasteiger partial charge in [0.2, 0.25) is 11.8 Å². The Hall–Kier alpha value is -3.97. The van der Waals surface area contributed by atoms with E-state index in [9.17, 15) is 14.4 Å². The number of primary amides is 1. The van der Waals surface area contributed by atoms with Gasteiger partial charge in [-0.3, -0.25) is 19.4 Å². The van der Waals surface area contributed by atoms with Gasteiger partial charge in [0.25, 0.3) is 0 Å². The van der Waals surface area contributed by atoms with Crippen molar-refractivity contribution in [2.75, 3.05) is 57.3 Å². The number of piperidine rings is 1. The second-order valence-corrected chi connectivity index (χ2v) is 13.3. The van der Waals surface area contributed by atoms with Crippen molar-refractivity contribution in [2.24, 2.45) is 17.6 Å². The van der Waals surface area contributed by atoms with Crippen molar-refractivity contribution in [3.05, 3.63) is 64.3 Å². The normalized spacial score (nSPS) is 16.7. The summed E-state index contributed by atoms with van der Waals surface area (Å²) in [6.45, 7) is 9.97. The lowest BCUT2D eigenvalue weighted by Gasteiger charge is -2.36. The molecule has 3 aromatic rings. The number of ether oxygens (including phenoxy) is 2. The predicted octanol–water partition coefficient (Wildman–Crippen LogP) is 4.97. The summed E-state index contributed by atoms with van der Waals surface area (Å²) >= 11 is 12.7. The van der Waals surface area contributed by atoms with Crippen LogP contribution in [0.4, 0.5) is 10.6 Å². The smallest absolute Gasteiger partial charge is 0.412 e. The molecule has 48 heavy (non-hydrogen) atoms. The zero-order chi connectivity index (χ0) is 34.2. The number of anilines is 1. The number of piperazine rings is 1. The second-order valence-electron chi connectivity index (χ2n) is 12.4. The van der Waals surface area contributed by atoms with E-state index in [0.717, 1.165) is 82.1 Å². The van der Waals surface area contributed by atoms with Crippen molar-refractivity contribution in [3.8, 4) is 22.9 Å². The first-order valence-corrected chi connectivity index (χ1v) is 16.8. The lowest BCUT2D eigenvalue weighted by atomic mass is 9.96. The predicted molar refractivity (Wildman–Crippen MR) is 184 cm³/mol. The average molecular weight is 699 g/mol. The average Bonchev–Trinajstić information content (AvgIpc) is 3.04. The Balaban J connectivity index is 1.23. The van der Waals surface area contributed by atoms with E-state index in [-0.39, 0.29) is 5.91 Å². The summed E-state index contributed by atoms with van der Waals surface area (Å²) in [5, 5.41) is 3.99. The Kier molecular flexibility index (Phi) is 12.1. The number of carbonyl (C=O) groups excluding carboxylic acids is 3. The first-order chi connectivity index (χ1) is 23.0. The molecule has 1 aromatic carbocycles. The van der Waals surface area contributed by atoms with E-state index in [2.05, 4.69) is 29.7 Å². The number of esters is 1. The number of carbonyl (C=O) groups is 3. The lowest BCUT2D eigenvalue weighted by molar-refractivity contribution is -0.141. The topological polar surface area (TPSA) is 143 Å². The van der Waals surface area contributed by atoms with Crippen LogP contribution in [0.2, 0.25) is 10.0 Å². The number of aromatic nitrogens is 2. The van der Waals surface area contributed by atoms with Crippen LogP contribution in [0.3, 0.4) is 0 Å². The molecule has 1 unspecified atom stereocenters. The van der Waals surface area contributed by atoms with Crippen molar-refractivity contribution >= 4 is 47.0 Å². The van der Waals surface area contributed by atoms with Crippen LogP contribution in [-0.2, 0) is 20.9 Å². The SMILES string of the molecule is CC(=O)NCC1CCN(Cc2cc(Oc3ccc(N4CCN(CC(C)C(=O)OC(N)=O)CC4)nc3)nc(-c3cc(Cl)cc(Cl)c3)c2)CC1. The number of benzene rings is 1. The number of hydrogen-bond acceptors (Lipinski definition) is 10. The van der Waals surface area contributed by atoms with Gasteiger partial charge < -0.3 is 25.4 Å². The molecular formula is C34H41Cl2N7O5. The van der Waals surface area contributed by atoms with Gasteiger partial charge in [-0.25, -0.2) is 14.8 Å². The summed E-state index contributed by atoms with van der Waals surface area (Å²) in [5.41, 5.74) is 7.50. The van der Waals surface area contributed by atoms with Crippen LogP contribution in [-0.4, -0.2) is 90.1 Å². The van der Waals surface area contributed by atoms with Gasteiger partial charge >= 0.3 is 12.1 Å². The summed E-state index contributed by atoms with van der Waals surface area (Å²) in [6.07, 6.45) is 2.64. The molecule has 0 aliphatic carbocycles. The van der Waals surface area contributed by atoms with E-state index in [1.807, 2.05) is 36.4 Å². The quantitative estimate of drug-likeness (QED) is 0.208. The highest BCUT2D eigenvalue weighted by Crippen LogP contribution is 2.31. The summed E-state index contributed by atoms with van der Waals surface area (Å²) < 4.78 is 10.8. The van der Waals surface area contributed by atoms with Gasteiger partial charge in [-0.1, -0.05) is 30.1 Å². The zero-order valence-corrected chi connectivity index (χ0v) is 28.7. The van der Waals surface area contributed by atoms with Crippen molar-refractivity contribution < 1.29 is 23.9 Å². The third-order valence-electron chi connectivity index (χ3n) is 8.55. The van der Waals surface area contributed by atoms with Gasteiger partial charge in [-0.05, 0) is 73.8 Å². The molecular weight excluding hydrogens is 657 g/mol. The van der Waals surface area contributed by atoms with E-state index in [1.165, 1.54) is 0 Å². The highest BCUT2D eigenvalue weighted by molar-refractivity contribution is 6.35. The maximum Gasteiger partial charge on any atom is 0.412 e. The number of amides is 2. The van der Waals surface area contributed by atoms with Crippen molar-refractivity contribution in [1.29, 1.82) is 0 Å². The third kappa shape index (κ3) is 10.3. The van der Waals surface area contributed by atoms with Crippen molar-refractivity contribution in [2.45, 2.75) is 33.2 Å². The number of nitrogens with two attached hydrogens (primary N) is 1. The summed E-state index contributed by atoms with van der Waals surface area (Å²) in [5.74, 6) is 1.22. The fourth-order valence-corrected chi connectivity index (χ4v) is 6.54. The maximum atomic E-state index is 11.9. The van der Waals surface area contributed by atoms with Crippen LogP contribution in [0, 0.1) is 11.8 Å². The molecule has 1 atom stereocenters. The molecule has 0 radical (unpaired) electrons. The number of halogens is 2. The van der Waals surface area contributed by atoms with Gasteiger partial charge in [0.15, 0.2) is 0 Å². The minimum Gasteiger partial charge on any atom is -0.437 e. The van der Waals surface area contributed by atoms with Gasteiger partial charge in [0, 0.05) is 74.4 Å². The van der Waals surface area contributed by atoms with Gasteiger partial charge in [0.05, 0.1) is 17.8 Å². The molecule has 2 aliphatic rings. The molecule has 5 rings (SSSR count). The Morgan fingerprint density at radius 3 is 2.31 bits per heavy atom. The third-order valence-corrected chi connectivity index (χ3v) is 8.98. The Morgan fingerprint density at radius 1 is 0.979 bits per heavy atom. The van der Waals surface area contributed by atoms with E-state index < -0.39 is 18.0 Å². The highest BCUT2D eigenvalue weighted by Gasteiger charge is 2.24. The Labute approximate surface area is 290 Å². The number of nitrogens with one attached hydrogen (secondary N) is 1. The number of likely N-dealkylation sites (tertiary alicyclic amines) is 1. The molecule has 4 heterocycles. The molecule has 3 N–H and O–H groups in total. The van der Waals surface area contributed by atoms with E-state index in [4.69, 9.17) is 38.7 Å². The van der Waals surface area contributed by atoms with Gasteiger partial charge in [-0.2, -0.15) is 0 Å². The molecule has 0 spiro atoms. The molecule has 12 nitrogen and oxygen atoms in total. The summed E-state index contributed by atoms with van der Waals surface area (Å²) in [7, 11) is 0. The number of nitrogens with zero attached hydrogens (tertiary/aromatic N) is 5. The van der Waals surface area contributed by atoms with Gasteiger partial charge in [-0.15, -0.1) is 0 Å². The maximum absolute atomic E-state index is 11.9. The fraction of sp³-hybridized carbons (Fsp3) is 0.441. The molecule has 256 valence electrons. The van der Waals surface area contributed by atoms with E-state index >= 15 is 0 Å². The van der Waals surface area contributed by atoms with Crippen LogP contribution in [0.15, 0.2) is 48.7 Å². The highest BCUT2D eigenvalue weighted by atomic mass is 35.5. The largest absolute Gasteiger partial charge is 0.437 e. The van der Waals surface area contributed by atoms with Crippen LogP contribution >= 0.6 is 23.2 Å². The minimum atomic E-state index is -1.09. The lowest BCUT2D eigenvalue weighted by Crippen LogP contribution is -2.48. The molecule has 2 aliphatic heterocycles. The van der Waals surface area contributed by atoms with Crippen molar-refractivity contribution in [1.82, 2.24) is 25.1 Å². The molecule has 2 amide bonds. The van der Waals surface area contributed by atoms with E-state index in [0.29, 0.717) is 39.8 Å². The standard InChI is InChI=1S/C34H41Cl2N7O5/c1-22(33(45)48-34(37)46)20-42-9-11-43(12-10-42)31-4-3-29(19-39-31)47-32-14-25(13-30(40-32)26-15-27(35)17-28(36)16-26)21-41-7-5-24(6-8-41)18-38-23(2)44/h3-4,13-17,19,22,24H,5-12,18,20-21H2,1-2H3,(H2,37,46)(H,38,44). The monoisotopic (exact) mass is 697 g/mol. The first-order valence-electron chi connectivity index (χ1n) is 16.1.